The first-order valence-corrected chi connectivity index (χ1v) is 5.84. The molecule has 2 rings (SSSR count). The van der Waals surface area contributed by atoms with E-state index >= 15 is 0 Å². The normalized spacial score (nSPS) is 15.8. The fraction of sp³-hybridized carbons (Fsp3) is 0.455. The molecule has 1 unspecified atom stereocenters. The number of rotatable bonds is 6. The Morgan fingerprint density at radius 2 is 2.00 bits per heavy atom. The number of nitro groups is 2. The van der Waals surface area contributed by atoms with Crippen LogP contribution in [0.1, 0.15) is 12.8 Å². The second kappa shape index (κ2) is 5.19. The number of aliphatic hydroxyl groups excluding tert-OH is 1. The highest BCUT2D eigenvalue weighted by atomic mass is 16.6. The zero-order valence-electron chi connectivity index (χ0n) is 9.98. The minimum atomic E-state index is -0.685. The molecule has 0 bridgehead atoms. The molecule has 0 radical (unpaired) electrons. The topological polar surface area (TPSA) is 119 Å². The van der Waals surface area contributed by atoms with Gasteiger partial charge in [0.1, 0.15) is 5.69 Å². The number of hydrogen-bond donors (Lipinski definition) is 2. The number of nitrogens with zero attached hydrogens (tertiary/aromatic N) is 2. The summed E-state index contributed by atoms with van der Waals surface area (Å²) in [4.78, 5) is 20.1. The van der Waals surface area contributed by atoms with Crippen molar-refractivity contribution in [1.82, 2.24) is 0 Å². The maximum atomic E-state index is 10.9. The van der Waals surface area contributed by atoms with E-state index in [0.29, 0.717) is 0 Å². The maximum absolute atomic E-state index is 10.9. The summed E-state index contributed by atoms with van der Waals surface area (Å²) in [5.74, 6) is 0.254. The lowest BCUT2D eigenvalue weighted by atomic mass is 10.2. The average molecular weight is 267 g/mol. The van der Waals surface area contributed by atoms with Crippen LogP contribution >= 0.6 is 0 Å². The molecule has 0 saturated heterocycles. The van der Waals surface area contributed by atoms with E-state index in [-0.39, 0.29) is 29.5 Å². The highest BCUT2D eigenvalue weighted by molar-refractivity contribution is 5.65. The highest BCUT2D eigenvalue weighted by Crippen LogP contribution is 2.33. The standard InChI is InChI=1S/C11H13N3O5/c15-11(7-1-2-7)6-12-9-4-3-8(13(16)17)5-10(9)14(18)19/h3-5,7,11-12,15H,1-2,6H2. The Bertz CT molecular complexity index is 515. The van der Waals surface area contributed by atoms with Gasteiger partial charge in [-0.1, -0.05) is 0 Å². The van der Waals surface area contributed by atoms with Crippen LogP contribution < -0.4 is 5.32 Å². The van der Waals surface area contributed by atoms with Crippen LogP contribution in [0, 0.1) is 26.1 Å². The van der Waals surface area contributed by atoms with Crippen molar-refractivity contribution in [3.05, 3.63) is 38.4 Å². The molecule has 8 heteroatoms. The van der Waals surface area contributed by atoms with Crippen molar-refractivity contribution in [2.75, 3.05) is 11.9 Å². The van der Waals surface area contributed by atoms with Gasteiger partial charge in [0.15, 0.2) is 0 Å². The van der Waals surface area contributed by atoms with Gasteiger partial charge in [-0.15, -0.1) is 0 Å². The maximum Gasteiger partial charge on any atom is 0.299 e. The Hall–Kier alpha value is -2.22. The number of benzene rings is 1. The summed E-state index contributed by atoms with van der Waals surface area (Å²) in [6, 6.07) is 3.39. The minimum absolute atomic E-state index is 0.176. The van der Waals surface area contributed by atoms with Crippen molar-refractivity contribution in [2.24, 2.45) is 5.92 Å². The van der Waals surface area contributed by atoms with Crippen LogP contribution in [-0.2, 0) is 0 Å². The van der Waals surface area contributed by atoms with Gasteiger partial charge in [0.05, 0.1) is 22.0 Å². The lowest BCUT2D eigenvalue weighted by Gasteiger charge is -2.11. The Kier molecular flexibility index (Phi) is 3.61. The highest BCUT2D eigenvalue weighted by Gasteiger charge is 2.30. The van der Waals surface area contributed by atoms with Crippen molar-refractivity contribution >= 4 is 17.1 Å². The van der Waals surface area contributed by atoms with Gasteiger partial charge in [0.2, 0.25) is 0 Å². The van der Waals surface area contributed by atoms with Crippen LogP contribution in [0.5, 0.6) is 0 Å². The Morgan fingerprint density at radius 3 is 2.53 bits per heavy atom. The van der Waals surface area contributed by atoms with Crippen molar-refractivity contribution in [3.8, 4) is 0 Å². The van der Waals surface area contributed by atoms with Crippen molar-refractivity contribution in [1.29, 1.82) is 0 Å². The van der Waals surface area contributed by atoms with E-state index in [9.17, 15) is 25.3 Å². The van der Waals surface area contributed by atoms with Gasteiger partial charge in [-0.25, -0.2) is 0 Å². The molecule has 1 fully saturated rings. The van der Waals surface area contributed by atoms with Gasteiger partial charge in [-0.3, -0.25) is 20.2 Å². The third kappa shape index (κ3) is 3.16. The summed E-state index contributed by atoms with van der Waals surface area (Å²) in [7, 11) is 0. The zero-order valence-corrected chi connectivity index (χ0v) is 9.98. The molecular weight excluding hydrogens is 254 g/mol. The van der Waals surface area contributed by atoms with Gasteiger partial charge in [0, 0.05) is 12.6 Å². The second-order valence-electron chi connectivity index (χ2n) is 4.50. The molecule has 1 saturated carbocycles. The van der Waals surface area contributed by atoms with Crippen molar-refractivity contribution in [2.45, 2.75) is 18.9 Å². The Morgan fingerprint density at radius 1 is 1.32 bits per heavy atom. The van der Waals surface area contributed by atoms with Crippen LogP contribution in [0.4, 0.5) is 17.1 Å². The first-order valence-electron chi connectivity index (χ1n) is 5.84. The molecule has 1 aromatic rings. The smallest absolute Gasteiger partial charge is 0.299 e. The van der Waals surface area contributed by atoms with Crippen LogP contribution in [0.15, 0.2) is 18.2 Å². The van der Waals surface area contributed by atoms with E-state index in [1.807, 2.05) is 0 Å². The molecule has 8 nitrogen and oxygen atoms in total. The predicted octanol–water partition coefficient (Wildman–Crippen LogP) is 1.69. The largest absolute Gasteiger partial charge is 0.391 e. The number of aliphatic hydroxyl groups is 1. The quantitative estimate of drug-likeness (QED) is 0.598. The van der Waals surface area contributed by atoms with Crippen LogP contribution in [0.3, 0.4) is 0 Å². The Labute approximate surface area is 108 Å². The zero-order chi connectivity index (χ0) is 14.0. The third-order valence-electron chi connectivity index (χ3n) is 3.06. The fourth-order valence-corrected chi connectivity index (χ4v) is 1.80. The van der Waals surface area contributed by atoms with Gasteiger partial charge in [-0.2, -0.15) is 0 Å². The number of non-ortho nitro benzene ring substituents is 1. The third-order valence-corrected chi connectivity index (χ3v) is 3.06. The van der Waals surface area contributed by atoms with Gasteiger partial charge in [0.25, 0.3) is 11.4 Å². The fourth-order valence-electron chi connectivity index (χ4n) is 1.80. The average Bonchev–Trinajstić information content (AvgIpc) is 3.19. The van der Waals surface area contributed by atoms with Crippen LogP contribution in [0.25, 0.3) is 0 Å². The van der Waals surface area contributed by atoms with E-state index in [1.54, 1.807) is 0 Å². The van der Waals surface area contributed by atoms with Gasteiger partial charge < -0.3 is 10.4 Å². The van der Waals surface area contributed by atoms with Gasteiger partial charge in [-0.05, 0) is 24.8 Å². The number of anilines is 1. The van der Waals surface area contributed by atoms with Crippen LogP contribution in [0.2, 0.25) is 0 Å². The van der Waals surface area contributed by atoms with E-state index in [4.69, 9.17) is 0 Å². The molecule has 1 aromatic carbocycles. The lowest BCUT2D eigenvalue weighted by Crippen LogP contribution is -2.21. The summed E-state index contributed by atoms with van der Waals surface area (Å²) in [6.45, 7) is 0.198. The number of nitro benzene ring substituents is 2. The van der Waals surface area contributed by atoms with Crippen molar-refractivity contribution < 1.29 is 15.0 Å². The summed E-state index contributed by atoms with van der Waals surface area (Å²) >= 11 is 0. The van der Waals surface area contributed by atoms with E-state index in [0.717, 1.165) is 18.9 Å². The molecule has 0 spiro atoms. The molecule has 102 valence electrons. The first kappa shape index (κ1) is 13.2. The molecule has 0 aromatic heterocycles. The van der Waals surface area contributed by atoms with E-state index in [1.165, 1.54) is 12.1 Å². The monoisotopic (exact) mass is 267 g/mol. The minimum Gasteiger partial charge on any atom is -0.391 e. The van der Waals surface area contributed by atoms with Crippen molar-refractivity contribution in [3.63, 3.8) is 0 Å². The summed E-state index contributed by atoms with van der Waals surface area (Å²) in [6.07, 6.45) is 1.38. The Balaban J connectivity index is 2.13. The molecule has 1 atom stereocenters. The van der Waals surface area contributed by atoms with Gasteiger partial charge >= 0.3 is 0 Å². The molecule has 0 amide bonds. The number of hydrogen-bond acceptors (Lipinski definition) is 6. The number of nitrogens with one attached hydrogen (secondary N) is 1. The molecule has 1 aliphatic rings. The molecule has 2 N–H and O–H groups in total. The summed E-state index contributed by atoms with van der Waals surface area (Å²) in [5, 5.41) is 33.9. The van der Waals surface area contributed by atoms with Crippen LogP contribution in [-0.4, -0.2) is 27.6 Å². The molecule has 0 aliphatic heterocycles. The SMILES string of the molecule is O=[N+]([O-])c1ccc(NCC(O)C2CC2)c([N+](=O)[O-])c1. The van der Waals surface area contributed by atoms with E-state index < -0.39 is 16.0 Å². The first-order chi connectivity index (χ1) is 8.99. The summed E-state index contributed by atoms with van der Waals surface area (Å²) in [5.41, 5.74) is -0.521. The summed E-state index contributed by atoms with van der Waals surface area (Å²) < 4.78 is 0. The predicted molar refractivity (Wildman–Crippen MR) is 67.0 cm³/mol. The lowest BCUT2D eigenvalue weighted by molar-refractivity contribution is -0.393. The molecule has 19 heavy (non-hydrogen) atoms. The van der Waals surface area contributed by atoms with E-state index in [2.05, 4.69) is 5.32 Å². The molecule has 1 aliphatic carbocycles. The second-order valence-corrected chi connectivity index (χ2v) is 4.50. The molecule has 0 heterocycles. The molecular formula is C11H13N3O5.